The van der Waals surface area contributed by atoms with E-state index < -0.39 is 19.1 Å². The maximum atomic E-state index is 13.3. The van der Waals surface area contributed by atoms with E-state index in [1.807, 2.05) is 0 Å². The largest absolute Gasteiger partial charge is 0.482 e. The van der Waals surface area contributed by atoms with Crippen molar-refractivity contribution >= 4 is 17.7 Å². The van der Waals surface area contributed by atoms with Crippen LogP contribution in [0.3, 0.4) is 0 Å². The van der Waals surface area contributed by atoms with Gasteiger partial charge >= 0.3 is 6.98 Å². The van der Waals surface area contributed by atoms with E-state index in [-0.39, 0.29) is 10.9 Å². The van der Waals surface area contributed by atoms with Gasteiger partial charge in [-0.3, -0.25) is 0 Å². The molecule has 2 aromatic carbocycles. The Kier molecular flexibility index (Phi) is 2.62. The Balaban J connectivity index is 2.59. The Hall–Kier alpha value is -1.52. The predicted octanol–water partition coefficient (Wildman–Crippen LogP) is 3.91. The van der Waals surface area contributed by atoms with E-state index in [0.29, 0.717) is 5.39 Å². The van der Waals surface area contributed by atoms with Crippen LogP contribution in [0.1, 0.15) is 5.56 Å². The molecule has 0 amide bonds. The van der Waals surface area contributed by atoms with Gasteiger partial charge in [0.2, 0.25) is 0 Å². The minimum absolute atomic E-state index is 0.129. The third kappa shape index (κ3) is 2.18. The quantitative estimate of drug-likeness (QED) is 0.538. The molecule has 0 radical (unpaired) electrons. The van der Waals surface area contributed by atoms with Gasteiger partial charge < -0.3 is 12.9 Å². The molecule has 0 unspecified atom stereocenters. The summed E-state index contributed by atoms with van der Waals surface area (Å²) in [6, 6.07) is 8.49. The van der Waals surface area contributed by atoms with Crippen molar-refractivity contribution in [1.29, 1.82) is 0 Å². The lowest BCUT2D eigenvalue weighted by Gasteiger charge is -2.15. The first kappa shape index (κ1) is 11.0. The van der Waals surface area contributed by atoms with Crippen molar-refractivity contribution in [1.82, 2.24) is 0 Å². The summed E-state index contributed by atoms with van der Waals surface area (Å²) in [6.45, 7) is -4.90. The van der Waals surface area contributed by atoms with E-state index in [4.69, 9.17) is 0 Å². The molecule has 16 heavy (non-hydrogen) atoms. The highest BCUT2D eigenvalue weighted by molar-refractivity contribution is 6.58. The normalized spacial score (nSPS) is 12.0. The molecule has 0 nitrogen and oxygen atoms in total. The van der Waals surface area contributed by atoms with Crippen molar-refractivity contribution in [3.8, 4) is 0 Å². The third-order valence-corrected chi connectivity index (χ3v) is 2.41. The van der Waals surface area contributed by atoms with Crippen LogP contribution in [0, 0.1) is 5.82 Å². The highest BCUT2D eigenvalue weighted by Gasteiger charge is 2.24. The smallest absolute Gasteiger partial charge is 0.449 e. The van der Waals surface area contributed by atoms with Crippen molar-refractivity contribution < 1.29 is 17.3 Å². The van der Waals surface area contributed by atoms with Crippen LogP contribution in [0.25, 0.3) is 10.8 Å². The molecule has 0 aliphatic rings. The molecule has 0 heterocycles. The monoisotopic (exact) mass is 227 g/mol. The highest BCUT2D eigenvalue weighted by Crippen LogP contribution is 2.25. The SMILES string of the molecule is Fc1ccc(C[B-](F)(F)F)c2ccccc12. The van der Waals surface area contributed by atoms with Crippen molar-refractivity contribution in [2.24, 2.45) is 0 Å². The number of rotatable bonds is 2. The number of fused-ring (bicyclic) bond motifs is 1. The van der Waals surface area contributed by atoms with Gasteiger partial charge in [0.05, 0.1) is 0 Å². The van der Waals surface area contributed by atoms with E-state index >= 15 is 0 Å². The van der Waals surface area contributed by atoms with Crippen LogP contribution in [0.2, 0.25) is 0 Å². The standard InChI is InChI=1S/C11H8BF4/c13-11-6-5-8(7-12(14,15)16)9-3-1-2-4-10(9)11/h1-6H,7H2/q-1. The van der Waals surface area contributed by atoms with Crippen molar-refractivity contribution in [2.45, 2.75) is 6.32 Å². The third-order valence-electron chi connectivity index (χ3n) is 2.41. The average Bonchev–Trinajstić information content (AvgIpc) is 2.21. The summed E-state index contributed by atoms with van der Waals surface area (Å²) in [5.74, 6) is -0.492. The minimum atomic E-state index is -4.90. The highest BCUT2D eigenvalue weighted by atomic mass is 19.4. The topological polar surface area (TPSA) is 0 Å². The first-order valence-corrected chi connectivity index (χ1v) is 4.84. The Bertz CT molecular complexity index is 519. The summed E-state index contributed by atoms with van der Waals surface area (Å²) in [5.41, 5.74) is 0.129. The zero-order valence-corrected chi connectivity index (χ0v) is 8.26. The van der Waals surface area contributed by atoms with Crippen LogP contribution >= 0.6 is 0 Å². The molecular weight excluding hydrogens is 219 g/mol. The number of halogens is 4. The van der Waals surface area contributed by atoms with Crippen LogP contribution in [0.5, 0.6) is 0 Å². The molecule has 0 saturated carbocycles. The van der Waals surface area contributed by atoms with Gasteiger partial charge in [-0.25, -0.2) is 4.39 Å². The fourth-order valence-electron chi connectivity index (χ4n) is 1.75. The second kappa shape index (κ2) is 3.81. The summed E-state index contributed by atoms with van der Waals surface area (Å²) >= 11 is 0. The maximum absolute atomic E-state index is 13.3. The van der Waals surface area contributed by atoms with E-state index in [1.165, 1.54) is 18.2 Å². The number of hydrogen-bond acceptors (Lipinski definition) is 0. The molecule has 0 N–H and O–H groups in total. The lowest BCUT2D eigenvalue weighted by atomic mass is 9.80. The van der Waals surface area contributed by atoms with Crippen LogP contribution < -0.4 is 0 Å². The number of hydrogen-bond donors (Lipinski definition) is 0. The molecule has 84 valence electrons. The Morgan fingerprint density at radius 2 is 1.50 bits per heavy atom. The lowest BCUT2D eigenvalue weighted by Crippen LogP contribution is -2.19. The zero-order valence-electron chi connectivity index (χ0n) is 8.26. The molecular formula is C11H8BF4-. The molecule has 0 aromatic heterocycles. The summed E-state index contributed by atoms with van der Waals surface area (Å²) in [5, 5.41) is 0.571. The maximum Gasteiger partial charge on any atom is 0.482 e. The fraction of sp³-hybridized carbons (Fsp3) is 0.0909. The van der Waals surface area contributed by atoms with Gasteiger partial charge in [0.1, 0.15) is 5.82 Å². The number of benzene rings is 2. The van der Waals surface area contributed by atoms with Crippen LogP contribution in [-0.2, 0) is 6.32 Å². The van der Waals surface area contributed by atoms with Gasteiger partial charge in [0.15, 0.2) is 0 Å². The van der Waals surface area contributed by atoms with Crippen LogP contribution in [0.15, 0.2) is 36.4 Å². The minimum Gasteiger partial charge on any atom is -0.449 e. The summed E-state index contributed by atoms with van der Waals surface area (Å²) in [4.78, 5) is 0. The molecule has 0 atom stereocenters. The van der Waals surface area contributed by atoms with Crippen LogP contribution in [-0.4, -0.2) is 6.98 Å². The molecule has 0 aliphatic carbocycles. The molecule has 0 saturated heterocycles. The van der Waals surface area contributed by atoms with E-state index in [2.05, 4.69) is 0 Å². The summed E-state index contributed by atoms with van der Waals surface area (Å²) < 4.78 is 50.3. The zero-order chi connectivity index (χ0) is 11.8. The van der Waals surface area contributed by atoms with Gasteiger partial charge in [-0.2, -0.15) is 0 Å². The first-order valence-electron chi connectivity index (χ1n) is 4.84. The van der Waals surface area contributed by atoms with Crippen molar-refractivity contribution in [3.05, 3.63) is 47.8 Å². The van der Waals surface area contributed by atoms with Crippen molar-refractivity contribution in [3.63, 3.8) is 0 Å². The van der Waals surface area contributed by atoms with Gasteiger partial charge in [-0.15, -0.1) is 0 Å². The van der Waals surface area contributed by atoms with Gasteiger partial charge in [-0.1, -0.05) is 42.2 Å². The lowest BCUT2D eigenvalue weighted by molar-refractivity contribution is 0.469. The van der Waals surface area contributed by atoms with Gasteiger partial charge in [-0.05, 0) is 11.5 Å². The molecule has 2 rings (SSSR count). The fourth-order valence-corrected chi connectivity index (χ4v) is 1.75. The molecule has 0 fully saturated rings. The molecule has 0 bridgehead atoms. The summed E-state index contributed by atoms with van der Waals surface area (Å²) in [6.07, 6.45) is -0.971. The summed E-state index contributed by atoms with van der Waals surface area (Å²) in [7, 11) is 0. The predicted molar refractivity (Wildman–Crippen MR) is 56.7 cm³/mol. The second-order valence-corrected chi connectivity index (χ2v) is 3.67. The second-order valence-electron chi connectivity index (χ2n) is 3.67. The average molecular weight is 227 g/mol. The Morgan fingerprint density at radius 1 is 0.875 bits per heavy atom. The van der Waals surface area contributed by atoms with E-state index in [1.54, 1.807) is 12.1 Å². The van der Waals surface area contributed by atoms with Gasteiger partial charge in [0.25, 0.3) is 0 Å². The van der Waals surface area contributed by atoms with Crippen molar-refractivity contribution in [2.75, 3.05) is 0 Å². The van der Waals surface area contributed by atoms with E-state index in [9.17, 15) is 17.3 Å². The molecule has 5 heteroatoms. The van der Waals surface area contributed by atoms with Crippen LogP contribution in [0.4, 0.5) is 17.3 Å². The molecule has 0 spiro atoms. The first-order chi connectivity index (χ1) is 7.47. The molecule has 0 aliphatic heterocycles. The van der Waals surface area contributed by atoms with E-state index in [0.717, 1.165) is 6.07 Å². The molecule has 2 aromatic rings. The Morgan fingerprint density at radius 3 is 2.12 bits per heavy atom. The Labute approximate surface area is 89.9 Å². The van der Waals surface area contributed by atoms with Gasteiger partial charge in [0, 0.05) is 5.39 Å².